The number of carboxylic acids is 1. The maximum atomic E-state index is 12.7. The van der Waals surface area contributed by atoms with Gasteiger partial charge in [-0.1, -0.05) is 43.3 Å². The van der Waals surface area contributed by atoms with Crippen LogP contribution in [0.25, 0.3) is 0 Å². The highest BCUT2D eigenvalue weighted by Gasteiger charge is 2.38. The van der Waals surface area contributed by atoms with Crippen LogP contribution in [0.1, 0.15) is 56.7 Å². The van der Waals surface area contributed by atoms with Gasteiger partial charge in [-0.2, -0.15) is 0 Å². The largest absolute Gasteiger partial charge is 0.478 e. The number of hydrogen-bond acceptors (Lipinski definition) is 8. The van der Waals surface area contributed by atoms with E-state index in [0.29, 0.717) is 22.0 Å². The van der Waals surface area contributed by atoms with E-state index in [-0.39, 0.29) is 36.2 Å². The van der Waals surface area contributed by atoms with Crippen molar-refractivity contribution in [1.82, 2.24) is 9.97 Å². The molecule has 0 saturated carbocycles. The number of nitrogens with zero attached hydrogens (tertiary/aromatic N) is 2. The molecule has 0 spiro atoms. The van der Waals surface area contributed by atoms with E-state index in [9.17, 15) is 19.8 Å². The first kappa shape index (κ1) is 28.4. The summed E-state index contributed by atoms with van der Waals surface area (Å²) < 4.78 is 13.0. The normalized spacial score (nSPS) is 20.3. The number of anilines is 1. The molecule has 10 heteroatoms. The number of ether oxygens (including phenoxy) is 2. The Kier molecular flexibility index (Phi) is 9.05. The zero-order chi connectivity index (χ0) is 28.8. The van der Waals surface area contributed by atoms with Crippen LogP contribution in [-0.2, 0) is 16.1 Å². The molecule has 0 radical (unpaired) electrons. The molecule has 1 aliphatic rings. The van der Waals surface area contributed by atoms with Crippen molar-refractivity contribution in [3.8, 4) is 0 Å². The Bertz CT molecular complexity index is 1500. The van der Waals surface area contributed by atoms with Gasteiger partial charge in [0.05, 0.1) is 29.9 Å². The lowest BCUT2D eigenvalue weighted by Gasteiger charge is -2.41. The average molecular weight is 572 g/mol. The molecule has 9 nitrogen and oxygen atoms in total. The lowest BCUT2D eigenvalue weighted by atomic mass is 9.91. The van der Waals surface area contributed by atoms with E-state index < -0.39 is 12.3 Å². The number of benzene rings is 2. The molecular formula is C31H29N3O6S. The fourth-order valence-electron chi connectivity index (χ4n) is 4.60. The molecule has 0 aliphatic carbocycles. The van der Waals surface area contributed by atoms with Crippen LogP contribution < -0.4 is 5.32 Å². The van der Waals surface area contributed by atoms with Crippen molar-refractivity contribution in [3.05, 3.63) is 119 Å². The predicted octanol–water partition coefficient (Wildman–Crippen LogP) is 5.50. The van der Waals surface area contributed by atoms with Gasteiger partial charge < -0.3 is 25.0 Å². The fraction of sp³-hybridized carbons (Fsp3) is 0.226. The quantitative estimate of drug-likeness (QED) is 0.223. The SMILES string of the molecule is CC1C(CSc2ncccc2C(=O)O)OC(c2cccc(NC(=O)c3cccnc3)c2)OC1c1ccc(CO)cc1. The molecule has 4 aromatic rings. The third kappa shape index (κ3) is 6.80. The first-order valence-corrected chi connectivity index (χ1v) is 14.0. The summed E-state index contributed by atoms with van der Waals surface area (Å²) in [6.07, 6.45) is 3.26. The molecule has 1 fully saturated rings. The van der Waals surface area contributed by atoms with Crippen molar-refractivity contribution >= 4 is 29.3 Å². The van der Waals surface area contributed by atoms with Gasteiger partial charge in [0.25, 0.3) is 5.91 Å². The highest BCUT2D eigenvalue weighted by molar-refractivity contribution is 7.99. The van der Waals surface area contributed by atoms with Gasteiger partial charge in [-0.15, -0.1) is 11.8 Å². The minimum atomic E-state index is -1.04. The summed E-state index contributed by atoms with van der Waals surface area (Å²) in [5.74, 6) is -0.966. The van der Waals surface area contributed by atoms with E-state index in [1.54, 1.807) is 36.7 Å². The van der Waals surface area contributed by atoms with Crippen LogP contribution in [0, 0.1) is 5.92 Å². The second kappa shape index (κ2) is 13.0. The molecule has 0 bridgehead atoms. The molecule has 5 rings (SSSR count). The summed E-state index contributed by atoms with van der Waals surface area (Å²) in [5.41, 5.74) is 3.61. The van der Waals surface area contributed by atoms with Gasteiger partial charge in [-0.3, -0.25) is 9.78 Å². The second-order valence-corrected chi connectivity index (χ2v) is 10.6. The number of rotatable bonds is 9. The number of amides is 1. The summed E-state index contributed by atoms with van der Waals surface area (Å²) in [6, 6.07) is 21.4. The Hall–Kier alpha value is -4.09. The Morgan fingerprint density at radius 3 is 2.51 bits per heavy atom. The summed E-state index contributed by atoms with van der Waals surface area (Å²) in [6.45, 7) is 1.98. The number of aromatic carboxylic acids is 1. The second-order valence-electron chi connectivity index (χ2n) is 9.62. The van der Waals surface area contributed by atoms with Gasteiger partial charge in [-0.05, 0) is 47.5 Å². The maximum Gasteiger partial charge on any atom is 0.338 e. The van der Waals surface area contributed by atoms with Crippen molar-refractivity contribution in [2.75, 3.05) is 11.1 Å². The van der Waals surface area contributed by atoms with Gasteiger partial charge in [-0.25, -0.2) is 9.78 Å². The third-order valence-electron chi connectivity index (χ3n) is 6.85. The van der Waals surface area contributed by atoms with Crippen LogP contribution in [0.5, 0.6) is 0 Å². The van der Waals surface area contributed by atoms with Crippen molar-refractivity contribution in [3.63, 3.8) is 0 Å². The van der Waals surface area contributed by atoms with Crippen molar-refractivity contribution in [1.29, 1.82) is 0 Å². The molecule has 1 amide bonds. The summed E-state index contributed by atoms with van der Waals surface area (Å²) in [7, 11) is 0. The van der Waals surface area contributed by atoms with E-state index in [2.05, 4.69) is 15.3 Å². The topological polar surface area (TPSA) is 131 Å². The molecule has 4 unspecified atom stereocenters. The molecule has 3 heterocycles. The zero-order valence-electron chi connectivity index (χ0n) is 22.2. The van der Waals surface area contributed by atoms with E-state index >= 15 is 0 Å². The number of aliphatic hydroxyl groups is 1. The smallest absolute Gasteiger partial charge is 0.338 e. The molecule has 1 saturated heterocycles. The van der Waals surface area contributed by atoms with Crippen LogP contribution >= 0.6 is 11.8 Å². The molecule has 210 valence electrons. The lowest BCUT2D eigenvalue weighted by Crippen LogP contribution is -2.38. The van der Waals surface area contributed by atoms with Gasteiger partial charge >= 0.3 is 5.97 Å². The Morgan fingerprint density at radius 1 is 0.976 bits per heavy atom. The summed E-state index contributed by atoms with van der Waals surface area (Å²) in [4.78, 5) is 32.7. The number of carboxylic acid groups (broad SMARTS) is 1. The van der Waals surface area contributed by atoms with E-state index in [0.717, 1.165) is 16.7 Å². The lowest BCUT2D eigenvalue weighted by molar-refractivity contribution is -0.268. The van der Waals surface area contributed by atoms with Gasteiger partial charge in [0.2, 0.25) is 0 Å². The zero-order valence-corrected chi connectivity index (χ0v) is 23.0. The first-order valence-electron chi connectivity index (χ1n) is 13.1. The molecular weight excluding hydrogens is 542 g/mol. The summed E-state index contributed by atoms with van der Waals surface area (Å²) >= 11 is 1.33. The molecule has 2 aromatic carbocycles. The van der Waals surface area contributed by atoms with Gasteiger partial charge in [0, 0.05) is 41.5 Å². The van der Waals surface area contributed by atoms with Gasteiger partial charge in [0.15, 0.2) is 6.29 Å². The maximum absolute atomic E-state index is 12.7. The monoisotopic (exact) mass is 571 g/mol. The van der Waals surface area contributed by atoms with Crippen LogP contribution in [0.15, 0.2) is 96.4 Å². The first-order chi connectivity index (χ1) is 19.9. The van der Waals surface area contributed by atoms with Crippen molar-refractivity contribution < 1.29 is 29.3 Å². The number of hydrogen-bond donors (Lipinski definition) is 3. The number of aliphatic hydroxyl groups excluding tert-OH is 1. The minimum absolute atomic E-state index is 0.0557. The number of nitrogens with one attached hydrogen (secondary N) is 1. The van der Waals surface area contributed by atoms with Crippen LogP contribution in [0.3, 0.4) is 0 Å². The van der Waals surface area contributed by atoms with Crippen LogP contribution in [0.2, 0.25) is 0 Å². The van der Waals surface area contributed by atoms with Gasteiger partial charge in [0.1, 0.15) is 5.03 Å². The number of carbonyl (C=O) groups is 2. The van der Waals surface area contributed by atoms with Crippen molar-refractivity contribution in [2.24, 2.45) is 5.92 Å². The Labute approximate surface area is 241 Å². The Balaban J connectivity index is 1.40. The number of aromatic nitrogens is 2. The van der Waals surface area contributed by atoms with E-state index in [4.69, 9.17) is 9.47 Å². The highest BCUT2D eigenvalue weighted by Crippen LogP contribution is 2.43. The van der Waals surface area contributed by atoms with Crippen LogP contribution in [0.4, 0.5) is 5.69 Å². The molecule has 41 heavy (non-hydrogen) atoms. The average Bonchev–Trinajstić information content (AvgIpc) is 3.01. The molecule has 2 aromatic heterocycles. The molecule has 4 atom stereocenters. The van der Waals surface area contributed by atoms with Crippen LogP contribution in [-0.4, -0.2) is 43.9 Å². The van der Waals surface area contributed by atoms with E-state index in [1.165, 1.54) is 24.0 Å². The molecule has 3 N–H and O–H groups in total. The number of thioether (sulfide) groups is 1. The standard InChI is InChI=1S/C31H29N3O6S/c1-19-26(18-41-29-25(30(37)38)8-4-14-33-29)39-31(40-27(19)21-11-9-20(17-35)10-12-21)22-5-2-7-24(15-22)34-28(36)23-6-3-13-32-16-23/h2-16,19,26-27,31,35H,17-18H2,1H3,(H,34,36)(H,37,38). The Morgan fingerprint density at radius 2 is 1.78 bits per heavy atom. The summed E-state index contributed by atoms with van der Waals surface area (Å²) in [5, 5.41) is 22.4. The number of pyridine rings is 2. The fourth-order valence-corrected chi connectivity index (χ4v) is 5.75. The predicted molar refractivity (Wildman–Crippen MR) is 154 cm³/mol. The number of carbonyl (C=O) groups excluding carboxylic acids is 1. The van der Waals surface area contributed by atoms with Crippen molar-refractivity contribution in [2.45, 2.75) is 37.1 Å². The minimum Gasteiger partial charge on any atom is -0.478 e. The van der Waals surface area contributed by atoms with E-state index in [1.807, 2.05) is 49.4 Å². The molecule has 1 aliphatic heterocycles. The highest BCUT2D eigenvalue weighted by atomic mass is 32.2. The third-order valence-corrected chi connectivity index (χ3v) is 7.94.